The minimum atomic E-state index is -1.91. The fourth-order valence-electron chi connectivity index (χ4n) is 4.90. The molecule has 3 atom stereocenters. The van der Waals surface area contributed by atoms with Crippen LogP contribution in [0.1, 0.15) is 60.5 Å². The Balaban J connectivity index is 2.47. The summed E-state index contributed by atoms with van der Waals surface area (Å²) in [5.74, 6) is -1.75. The van der Waals surface area contributed by atoms with Gasteiger partial charge in [-0.05, 0) is 37.8 Å². The second kappa shape index (κ2) is 8.95. The molecule has 0 spiro atoms. The van der Waals surface area contributed by atoms with E-state index in [4.69, 9.17) is 9.47 Å². The molecule has 1 aromatic carbocycles. The Hall–Kier alpha value is -2.47. The summed E-state index contributed by atoms with van der Waals surface area (Å²) < 4.78 is 11.3. The molecule has 0 radical (unpaired) electrons. The average Bonchev–Trinajstić information content (AvgIpc) is 2.67. The van der Waals surface area contributed by atoms with Crippen molar-refractivity contribution in [1.29, 1.82) is 0 Å². The summed E-state index contributed by atoms with van der Waals surface area (Å²) in [6.07, 6.45) is 0.918. The first-order valence-electron chi connectivity index (χ1n) is 10.6. The van der Waals surface area contributed by atoms with E-state index >= 15 is 0 Å². The highest BCUT2D eigenvalue weighted by Crippen LogP contribution is 2.52. The highest BCUT2D eigenvalue weighted by molar-refractivity contribution is 5.95. The maximum Gasteiger partial charge on any atom is 0.331 e. The summed E-state index contributed by atoms with van der Waals surface area (Å²) in [5.41, 5.74) is -3.28. The molecule has 0 aliphatic heterocycles. The molecule has 1 aromatic rings. The molecule has 0 bridgehead atoms. The molecular weight excluding hydrogens is 396 g/mol. The maximum absolute atomic E-state index is 13.5. The molecule has 0 saturated heterocycles. The highest BCUT2D eigenvalue weighted by Gasteiger charge is 2.68. The van der Waals surface area contributed by atoms with Gasteiger partial charge in [0, 0.05) is 18.4 Å². The molecule has 2 rings (SSSR count). The van der Waals surface area contributed by atoms with Crippen molar-refractivity contribution in [2.24, 2.45) is 16.7 Å². The number of rotatable bonds is 6. The number of aliphatic hydroxyl groups is 1. The first-order chi connectivity index (χ1) is 14.2. The van der Waals surface area contributed by atoms with Crippen molar-refractivity contribution in [3.63, 3.8) is 0 Å². The standard InChI is InChI=1S/C25H34O6/c1-16(2)15-25(29)20(28)23(4,5)21(30-17(3)26)24(6,7)22(25)31-19(27)14-13-18-11-9-8-10-12-18/h8-14,16,21-22,29H,15H2,1-7H3/b14-13+. The summed E-state index contributed by atoms with van der Waals surface area (Å²) in [7, 11) is 0. The highest BCUT2D eigenvalue weighted by atomic mass is 16.6. The molecule has 1 saturated carbocycles. The molecule has 6 heteroatoms. The third-order valence-electron chi connectivity index (χ3n) is 5.87. The van der Waals surface area contributed by atoms with E-state index in [9.17, 15) is 19.5 Å². The lowest BCUT2D eigenvalue weighted by molar-refractivity contribution is -0.237. The molecule has 0 heterocycles. The van der Waals surface area contributed by atoms with E-state index in [-0.39, 0.29) is 12.3 Å². The van der Waals surface area contributed by atoms with Crippen LogP contribution in [-0.2, 0) is 23.9 Å². The first-order valence-corrected chi connectivity index (χ1v) is 10.6. The van der Waals surface area contributed by atoms with Crippen molar-refractivity contribution in [1.82, 2.24) is 0 Å². The third-order valence-corrected chi connectivity index (χ3v) is 5.87. The van der Waals surface area contributed by atoms with Gasteiger partial charge >= 0.3 is 11.9 Å². The van der Waals surface area contributed by atoms with Gasteiger partial charge in [-0.3, -0.25) is 9.59 Å². The van der Waals surface area contributed by atoms with Crippen LogP contribution < -0.4 is 0 Å². The molecule has 1 N–H and O–H groups in total. The van der Waals surface area contributed by atoms with Gasteiger partial charge in [0.2, 0.25) is 0 Å². The van der Waals surface area contributed by atoms with Crippen LogP contribution in [0.2, 0.25) is 0 Å². The van der Waals surface area contributed by atoms with Crippen molar-refractivity contribution in [3.8, 4) is 0 Å². The number of ketones is 1. The van der Waals surface area contributed by atoms with Crippen LogP contribution in [0.4, 0.5) is 0 Å². The number of hydrogen-bond acceptors (Lipinski definition) is 6. The monoisotopic (exact) mass is 430 g/mol. The van der Waals surface area contributed by atoms with Crippen LogP contribution in [0.3, 0.4) is 0 Å². The fraction of sp³-hybridized carbons (Fsp3) is 0.560. The summed E-state index contributed by atoms with van der Waals surface area (Å²) in [6.45, 7) is 11.9. The van der Waals surface area contributed by atoms with Gasteiger partial charge in [0.25, 0.3) is 0 Å². The molecule has 1 aliphatic carbocycles. The van der Waals surface area contributed by atoms with Gasteiger partial charge in [-0.1, -0.05) is 58.0 Å². The molecule has 0 amide bonds. The molecule has 1 fully saturated rings. The summed E-state index contributed by atoms with van der Waals surface area (Å²) in [4.78, 5) is 38.0. The Kier molecular flexibility index (Phi) is 7.16. The van der Waals surface area contributed by atoms with E-state index in [1.807, 2.05) is 44.2 Å². The van der Waals surface area contributed by atoms with Gasteiger partial charge in [-0.15, -0.1) is 0 Å². The zero-order chi connectivity index (χ0) is 23.6. The van der Waals surface area contributed by atoms with Crippen LogP contribution in [0.5, 0.6) is 0 Å². The molecule has 0 aromatic heterocycles. The quantitative estimate of drug-likeness (QED) is 0.543. The Morgan fingerprint density at radius 1 is 1.06 bits per heavy atom. The summed E-state index contributed by atoms with van der Waals surface area (Å²) in [6, 6.07) is 9.25. The average molecular weight is 431 g/mol. The zero-order valence-electron chi connectivity index (χ0n) is 19.5. The predicted molar refractivity (Wildman–Crippen MR) is 118 cm³/mol. The van der Waals surface area contributed by atoms with Gasteiger partial charge < -0.3 is 14.6 Å². The predicted octanol–water partition coefficient (Wildman–Crippen LogP) is 3.96. The largest absolute Gasteiger partial charge is 0.461 e. The molecule has 170 valence electrons. The Bertz CT molecular complexity index is 852. The van der Waals surface area contributed by atoms with E-state index < -0.39 is 46.4 Å². The first kappa shape index (κ1) is 24.8. The van der Waals surface area contributed by atoms with Gasteiger partial charge in [-0.25, -0.2) is 4.79 Å². The Labute approximate surface area is 184 Å². The lowest BCUT2D eigenvalue weighted by Gasteiger charge is -2.56. The van der Waals surface area contributed by atoms with Crippen LogP contribution in [0, 0.1) is 16.7 Å². The Morgan fingerprint density at radius 2 is 1.65 bits per heavy atom. The minimum Gasteiger partial charge on any atom is -0.461 e. The second-order valence-electron chi connectivity index (χ2n) is 9.94. The molecule has 1 aliphatic rings. The zero-order valence-corrected chi connectivity index (χ0v) is 19.5. The van der Waals surface area contributed by atoms with Gasteiger partial charge in [0.15, 0.2) is 11.4 Å². The van der Waals surface area contributed by atoms with Crippen LogP contribution >= 0.6 is 0 Å². The second-order valence-corrected chi connectivity index (χ2v) is 9.94. The molecular formula is C25H34O6. The lowest BCUT2D eigenvalue weighted by Crippen LogP contribution is -2.72. The third kappa shape index (κ3) is 5.06. The van der Waals surface area contributed by atoms with Gasteiger partial charge in [0.05, 0.1) is 5.41 Å². The number of Topliss-reactive ketones (excluding diaryl/α,β-unsaturated/α-hetero) is 1. The molecule has 3 unspecified atom stereocenters. The maximum atomic E-state index is 13.5. The minimum absolute atomic E-state index is 0.0353. The smallest absolute Gasteiger partial charge is 0.331 e. The molecule has 6 nitrogen and oxygen atoms in total. The van der Waals surface area contributed by atoms with Crippen LogP contribution in [-0.4, -0.2) is 40.6 Å². The van der Waals surface area contributed by atoms with Crippen molar-refractivity contribution < 1.29 is 29.0 Å². The van der Waals surface area contributed by atoms with Crippen molar-refractivity contribution in [3.05, 3.63) is 42.0 Å². The van der Waals surface area contributed by atoms with E-state index in [0.29, 0.717) is 0 Å². The number of esters is 2. The summed E-state index contributed by atoms with van der Waals surface area (Å²) in [5, 5.41) is 11.6. The normalized spacial score (nSPS) is 27.3. The SMILES string of the molecule is CC(=O)OC1C(C)(C)C(=O)C(O)(CC(C)C)C(OC(=O)/C=C/c2ccccc2)C1(C)C. The number of ether oxygens (including phenoxy) is 2. The van der Waals surface area contributed by atoms with Crippen LogP contribution in [0.15, 0.2) is 36.4 Å². The number of carbonyl (C=O) groups is 3. The van der Waals surface area contributed by atoms with Gasteiger partial charge in [0.1, 0.15) is 12.2 Å². The Morgan fingerprint density at radius 3 is 2.16 bits per heavy atom. The van der Waals surface area contributed by atoms with Gasteiger partial charge in [-0.2, -0.15) is 0 Å². The lowest BCUT2D eigenvalue weighted by atomic mass is 9.53. The summed E-state index contributed by atoms with van der Waals surface area (Å²) >= 11 is 0. The van der Waals surface area contributed by atoms with Crippen molar-refractivity contribution in [2.45, 2.75) is 72.7 Å². The number of benzene rings is 1. The van der Waals surface area contributed by atoms with E-state index in [2.05, 4.69) is 0 Å². The number of carbonyl (C=O) groups excluding carboxylic acids is 3. The van der Waals surface area contributed by atoms with Crippen LogP contribution in [0.25, 0.3) is 6.08 Å². The topological polar surface area (TPSA) is 89.9 Å². The fourth-order valence-corrected chi connectivity index (χ4v) is 4.90. The molecule has 31 heavy (non-hydrogen) atoms. The number of hydrogen-bond donors (Lipinski definition) is 1. The van der Waals surface area contributed by atoms with Crippen molar-refractivity contribution in [2.75, 3.05) is 0 Å². The van der Waals surface area contributed by atoms with E-state index in [1.165, 1.54) is 13.0 Å². The van der Waals surface area contributed by atoms with Crippen molar-refractivity contribution >= 4 is 23.8 Å². The van der Waals surface area contributed by atoms with E-state index in [0.717, 1.165) is 5.56 Å². The van der Waals surface area contributed by atoms with E-state index in [1.54, 1.807) is 33.8 Å².